The van der Waals surface area contributed by atoms with Gasteiger partial charge in [0.1, 0.15) is 0 Å². The lowest BCUT2D eigenvalue weighted by Crippen LogP contribution is -2.29. The summed E-state index contributed by atoms with van der Waals surface area (Å²) in [5.74, 6) is -0.0884. The van der Waals surface area contributed by atoms with Crippen molar-refractivity contribution in [3.63, 3.8) is 0 Å². The SMILES string of the molecule is C=CCN1C(=O)/C(=C/c2ccccc2Cl)SC1=Nc1ccccc1. The van der Waals surface area contributed by atoms with Crippen LogP contribution < -0.4 is 0 Å². The van der Waals surface area contributed by atoms with Crippen LogP contribution in [0.25, 0.3) is 6.08 Å². The normalized spacial score (nSPS) is 17.7. The quantitative estimate of drug-likeness (QED) is 0.563. The number of halogens is 1. The molecule has 0 spiro atoms. The average molecular weight is 355 g/mol. The minimum Gasteiger partial charge on any atom is -0.283 e. The summed E-state index contributed by atoms with van der Waals surface area (Å²) in [6, 6.07) is 17.0. The third-order valence-corrected chi connectivity index (χ3v) is 4.72. The van der Waals surface area contributed by atoms with Crippen molar-refractivity contribution in [3.8, 4) is 0 Å². The van der Waals surface area contributed by atoms with Crippen molar-refractivity contribution in [1.29, 1.82) is 0 Å². The fourth-order valence-corrected chi connectivity index (χ4v) is 3.42. The molecular weight excluding hydrogens is 340 g/mol. The van der Waals surface area contributed by atoms with Crippen LogP contribution in [-0.2, 0) is 4.79 Å². The van der Waals surface area contributed by atoms with E-state index < -0.39 is 0 Å². The van der Waals surface area contributed by atoms with Gasteiger partial charge in [0.15, 0.2) is 5.17 Å². The summed E-state index contributed by atoms with van der Waals surface area (Å²) in [6.45, 7) is 4.14. The van der Waals surface area contributed by atoms with Gasteiger partial charge < -0.3 is 0 Å². The maximum absolute atomic E-state index is 12.7. The number of aliphatic imine (C=N–C) groups is 1. The maximum atomic E-state index is 12.7. The standard InChI is InChI=1S/C19H15ClN2OS/c1-2-12-22-18(23)17(13-14-8-6-7-11-16(14)20)24-19(22)21-15-9-4-3-5-10-15/h2-11,13H,1,12H2/b17-13-,21-19?. The molecule has 0 unspecified atom stereocenters. The zero-order valence-corrected chi connectivity index (χ0v) is 14.4. The van der Waals surface area contributed by atoms with Crippen LogP contribution in [0.15, 0.2) is 77.1 Å². The first-order valence-electron chi connectivity index (χ1n) is 7.39. The van der Waals surface area contributed by atoms with Crippen LogP contribution >= 0.6 is 23.4 Å². The highest BCUT2D eigenvalue weighted by Gasteiger charge is 2.32. The molecule has 0 aromatic heterocycles. The van der Waals surface area contributed by atoms with Crippen molar-refractivity contribution < 1.29 is 4.79 Å². The predicted molar refractivity (Wildman–Crippen MR) is 102 cm³/mol. The van der Waals surface area contributed by atoms with Crippen molar-refractivity contribution in [3.05, 3.63) is 82.7 Å². The van der Waals surface area contributed by atoms with Crippen LogP contribution in [0.4, 0.5) is 5.69 Å². The zero-order chi connectivity index (χ0) is 16.9. The van der Waals surface area contributed by atoms with E-state index >= 15 is 0 Å². The van der Waals surface area contributed by atoms with Gasteiger partial charge in [0, 0.05) is 11.6 Å². The lowest BCUT2D eigenvalue weighted by atomic mass is 10.2. The highest BCUT2D eigenvalue weighted by atomic mass is 35.5. The Hall–Kier alpha value is -2.30. The largest absolute Gasteiger partial charge is 0.283 e. The number of nitrogens with zero attached hydrogens (tertiary/aromatic N) is 2. The molecule has 1 aliphatic rings. The highest BCUT2D eigenvalue weighted by molar-refractivity contribution is 8.18. The summed E-state index contributed by atoms with van der Waals surface area (Å²) in [7, 11) is 0. The Kier molecular flexibility index (Phi) is 5.18. The number of hydrogen-bond acceptors (Lipinski definition) is 3. The van der Waals surface area contributed by atoms with Gasteiger partial charge >= 0.3 is 0 Å². The van der Waals surface area contributed by atoms with Crippen LogP contribution in [0.5, 0.6) is 0 Å². The van der Waals surface area contributed by atoms with Gasteiger partial charge in [-0.15, -0.1) is 6.58 Å². The van der Waals surface area contributed by atoms with E-state index in [4.69, 9.17) is 11.6 Å². The molecule has 0 bridgehead atoms. The van der Waals surface area contributed by atoms with Gasteiger partial charge in [-0.3, -0.25) is 9.69 Å². The average Bonchev–Trinajstić information content (AvgIpc) is 2.87. The smallest absolute Gasteiger partial charge is 0.267 e. The molecule has 1 heterocycles. The van der Waals surface area contributed by atoms with E-state index in [2.05, 4.69) is 11.6 Å². The maximum Gasteiger partial charge on any atom is 0.267 e. The molecule has 0 saturated carbocycles. The van der Waals surface area contributed by atoms with E-state index in [1.165, 1.54) is 11.8 Å². The van der Waals surface area contributed by atoms with E-state index in [-0.39, 0.29) is 5.91 Å². The molecule has 2 aromatic rings. The van der Waals surface area contributed by atoms with Gasteiger partial charge in [-0.2, -0.15) is 0 Å². The molecule has 5 heteroatoms. The van der Waals surface area contributed by atoms with Crippen LogP contribution in [0.1, 0.15) is 5.56 Å². The van der Waals surface area contributed by atoms with Gasteiger partial charge in [-0.1, -0.05) is 54.1 Å². The predicted octanol–water partition coefficient (Wildman–Crippen LogP) is 5.13. The molecule has 0 atom stereocenters. The number of para-hydroxylation sites is 1. The minimum atomic E-state index is -0.0884. The van der Waals surface area contributed by atoms with Crippen LogP contribution in [0.2, 0.25) is 5.02 Å². The molecule has 3 rings (SSSR count). The van der Waals surface area contributed by atoms with Crippen molar-refractivity contribution in [2.45, 2.75) is 0 Å². The Balaban J connectivity index is 1.97. The third-order valence-electron chi connectivity index (χ3n) is 3.37. The lowest BCUT2D eigenvalue weighted by molar-refractivity contribution is -0.121. The summed E-state index contributed by atoms with van der Waals surface area (Å²) in [6.07, 6.45) is 3.50. The molecule has 0 radical (unpaired) electrons. The summed E-state index contributed by atoms with van der Waals surface area (Å²) >= 11 is 7.54. The minimum absolute atomic E-state index is 0.0884. The van der Waals surface area contributed by atoms with Gasteiger partial charge in [0.2, 0.25) is 0 Å². The second kappa shape index (κ2) is 7.51. The molecule has 1 amide bonds. The number of benzene rings is 2. The first-order chi connectivity index (χ1) is 11.7. The van der Waals surface area contributed by atoms with Crippen molar-refractivity contribution in [1.82, 2.24) is 4.90 Å². The number of amidine groups is 1. The molecule has 1 fully saturated rings. The number of carbonyl (C=O) groups excluding carboxylic acids is 1. The Morgan fingerprint density at radius 3 is 2.54 bits per heavy atom. The number of carbonyl (C=O) groups is 1. The second-order valence-corrected chi connectivity index (χ2v) is 6.48. The lowest BCUT2D eigenvalue weighted by Gasteiger charge is -2.12. The molecular formula is C19H15ClN2OS. The van der Waals surface area contributed by atoms with Gasteiger partial charge in [-0.25, -0.2) is 4.99 Å². The van der Waals surface area contributed by atoms with Crippen molar-refractivity contribution >= 4 is 46.2 Å². The molecule has 0 aliphatic carbocycles. The van der Waals surface area contributed by atoms with Crippen LogP contribution in [0.3, 0.4) is 0 Å². The molecule has 24 heavy (non-hydrogen) atoms. The van der Waals surface area contributed by atoms with Crippen molar-refractivity contribution in [2.75, 3.05) is 6.54 Å². The van der Waals surface area contributed by atoms with Crippen LogP contribution in [0, 0.1) is 0 Å². The number of thioether (sulfide) groups is 1. The number of rotatable bonds is 4. The monoisotopic (exact) mass is 354 g/mol. The van der Waals surface area contributed by atoms with Gasteiger partial charge in [0.25, 0.3) is 5.91 Å². The molecule has 3 nitrogen and oxygen atoms in total. The summed E-state index contributed by atoms with van der Waals surface area (Å²) in [5, 5.41) is 1.26. The molecule has 120 valence electrons. The van der Waals surface area contributed by atoms with E-state index in [1.54, 1.807) is 23.1 Å². The molecule has 2 aromatic carbocycles. The van der Waals surface area contributed by atoms with E-state index in [0.717, 1.165) is 11.3 Å². The van der Waals surface area contributed by atoms with E-state index in [0.29, 0.717) is 21.6 Å². The third kappa shape index (κ3) is 3.61. The second-order valence-electron chi connectivity index (χ2n) is 5.07. The van der Waals surface area contributed by atoms with E-state index in [1.807, 2.05) is 48.5 Å². The Morgan fingerprint density at radius 2 is 1.83 bits per heavy atom. The van der Waals surface area contributed by atoms with Gasteiger partial charge in [-0.05, 0) is 41.6 Å². The summed E-state index contributed by atoms with van der Waals surface area (Å²) in [5.41, 5.74) is 1.62. The van der Waals surface area contributed by atoms with Crippen LogP contribution in [-0.4, -0.2) is 22.5 Å². The summed E-state index contributed by atoms with van der Waals surface area (Å²) in [4.78, 5) is 19.5. The van der Waals surface area contributed by atoms with Gasteiger partial charge in [0.05, 0.1) is 10.6 Å². The Morgan fingerprint density at radius 1 is 1.12 bits per heavy atom. The zero-order valence-electron chi connectivity index (χ0n) is 12.9. The topological polar surface area (TPSA) is 32.7 Å². The first kappa shape index (κ1) is 16.6. The first-order valence-corrected chi connectivity index (χ1v) is 8.59. The molecule has 0 N–H and O–H groups in total. The molecule has 1 aliphatic heterocycles. The fourth-order valence-electron chi connectivity index (χ4n) is 2.23. The van der Waals surface area contributed by atoms with E-state index in [9.17, 15) is 4.79 Å². The molecule has 1 saturated heterocycles. The highest BCUT2D eigenvalue weighted by Crippen LogP contribution is 2.34. The Bertz CT molecular complexity index is 830. The Labute approximate surface area is 150 Å². The number of hydrogen-bond donors (Lipinski definition) is 0. The fraction of sp³-hybridized carbons (Fsp3) is 0.0526. The van der Waals surface area contributed by atoms with Crippen molar-refractivity contribution in [2.24, 2.45) is 4.99 Å². The number of amides is 1. The summed E-state index contributed by atoms with van der Waals surface area (Å²) < 4.78 is 0.